The molecule has 3 rings (SSSR count). The molecule has 0 bridgehead atoms. The fourth-order valence-corrected chi connectivity index (χ4v) is 3.16. The van der Waals surface area contributed by atoms with Crippen molar-refractivity contribution in [2.45, 2.75) is 6.42 Å². The van der Waals surface area contributed by atoms with Crippen molar-refractivity contribution in [2.24, 2.45) is 10.9 Å². The number of carbonyl (C=O) groups excluding carboxylic acids is 3. The molecule has 1 aromatic carbocycles. The molecule has 9 heteroatoms. The number of barbiturate groups is 1. The van der Waals surface area contributed by atoms with E-state index in [2.05, 4.69) is 15.2 Å². The van der Waals surface area contributed by atoms with Crippen molar-refractivity contribution in [3.05, 3.63) is 29.3 Å². The van der Waals surface area contributed by atoms with Gasteiger partial charge in [-0.1, -0.05) is 17.7 Å². The fourth-order valence-electron chi connectivity index (χ4n) is 2.97. The van der Waals surface area contributed by atoms with Crippen LogP contribution >= 0.6 is 11.6 Å². The smallest absolute Gasteiger partial charge is 0.335 e. The average molecular weight is 393 g/mol. The number of rotatable bonds is 6. The predicted molar refractivity (Wildman–Crippen MR) is 101 cm³/mol. The fraction of sp³-hybridized carbons (Fsp3) is 0.444. The zero-order chi connectivity index (χ0) is 19.2. The zero-order valence-electron chi connectivity index (χ0n) is 14.8. The average Bonchev–Trinajstić information content (AvgIpc) is 2.64. The minimum atomic E-state index is -1.13. The van der Waals surface area contributed by atoms with Crippen molar-refractivity contribution in [1.82, 2.24) is 10.2 Å². The lowest BCUT2D eigenvalue weighted by molar-refractivity contribution is -0.131. The molecule has 2 fully saturated rings. The summed E-state index contributed by atoms with van der Waals surface area (Å²) in [5, 5.41) is 2.58. The molecule has 0 saturated carbocycles. The van der Waals surface area contributed by atoms with Gasteiger partial charge in [-0.05, 0) is 24.6 Å². The van der Waals surface area contributed by atoms with E-state index < -0.39 is 23.8 Å². The van der Waals surface area contributed by atoms with Gasteiger partial charge in [0, 0.05) is 37.4 Å². The summed E-state index contributed by atoms with van der Waals surface area (Å²) in [5.74, 6) is -2.44. The summed E-state index contributed by atoms with van der Waals surface area (Å²) in [7, 11) is 0. The summed E-state index contributed by atoms with van der Waals surface area (Å²) in [6, 6.07) is 5.55. The van der Waals surface area contributed by atoms with Crippen LogP contribution in [0.5, 0.6) is 0 Å². The Bertz CT molecular complexity index is 749. The number of imide groups is 2. The van der Waals surface area contributed by atoms with Crippen LogP contribution in [0.1, 0.15) is 6.42 Å². The number of nitrogens with zero attached hydrogens (tertiary/aromatic N) is 3. The minimum Gasteiger partial charge on any atom is -0.379 e. The first-order chi connectivity index (χ1) is 13.1. The molecule has 1 N–H and O–H groups in total. The highest BCUT2D eigenvalue weighted by Crippen LogP contribution is 2.23. The van der Waals surface area contributed by atoms with E-state index in [0.717, 1.165) is 44.2 Å². The van der Waals surface area contributed by atoms with Crippen LogP contribution in [-0.2, 0) is 14.3 Å². The lowest BCUT2D eigenvalue weighted by Gasteiger charge is -2.28. The quantitative estimate of drug-likeness (QED) is 0.448. The van der Waals surface area contributed by atoms with Gasteiger partial charge in [0.1, 0.15) is 0 Å². The number of urea groups is 1. The maximum atomic E-state index is 12.7. The number of anilines is 1. The Labute approximate surface area is 162 Å². The van der Waals surface area contributed by atoms with Crippen molar-refractivity contribution in [2.75, 3.05) is 44.3 Å². The van der Waals surface area contributed by atoms with Gasteiger partial charge >= 0.3 is 6.03 Å². The highest BCUT2D eigenvalue weighted by atomic mass is 35.5. The largest absolute Gasteiger partial charge is 0.379 e. The highest BCUT2D eigenvalue weighted by molar-refractivity contribution is 6.34. The molecule has 2 heterocycles. The van der Waals surface area contributed by atoms with Crippen molar-refractivity contribution >= 4 is 41.3 Å². The molecule has 4 amide bonds. The molecule has 1 atom stereocenters. The Balaban J connectivity index is 1.59. The summed E-state index contributed by atoms with van der Waals surface area (Å²) in [4.78, 5) is 44.2. The molecule has 2 aliphatic rings. The van der Waals surface area contributed by atoms with Gasteiger partial charge in [-0.2, -0.15) is 0 Å². The molecule has 0 unspecified atom stereocenters. The second kappa shape index (κ2) is 9.07. The van der Waals surface area contributed by atoms with E-state index >= 15 is 0 Å². The van der Waals surface area contributed by atoms with E-state index in [0.29, 0.717) is 17.3 Å². The van der Waals surface area contributed by atoms with Crippen LogP contribution < -0.4 is 10.2 Å². The van der Waals surface area contributed by atoms with Gasteiger partial charge in [-0.25, -0.2) is 9.69 Å². The van der Waals surface area contributed by atoms with E-state index in [1.165, 1.54) is 12.3 Å². The standard InChI is InChI=1S/C18H21ClN4O4/c19-13-3-1-4-14(11-13)23-17(25)15(16(24)21-18(23)26)12-20-5-2-6-22-7-9-27-10-8-22/h1,3-4,11-12,15H,2,5-10H2,(H,21,24,26)/t15-/m0/s1. The van der Waals surface area contributed by atoms with Crippen molar-refractivity contribution in [1.29, 1.82) is 0 Å². The molecule has 0 aromatic heterocycles. The lowest BCUT2D eigenvalue weighted by atomic mass is 10.1. The van der Waals surface area contributed by atoms with E-state index in [9.17, 15) is 14.4 Å². The zero-order valence-corrected chi connectivity index (χ0v) is 15.5. The van der Waals surface area contributed by atoms with Crippen molar-refractivity contribution in [3.8, 4) is 0 Å². The number of hydrogen-bond donors (Lipinski definition) is 1. The molecule has 0 aliphatic carbocycles. The van der Waals surface area contributed by atoms with Crippen LogP contribution in [-0.4, -0.2) is 68.4 Å². The van der Waals surface area contributed by atoms with Gasteiger partial charge in [0.25, 0.3) is 5.91 Å². The Kier molecular flexibility index (Phi) is 6.54. The van der Waals surface area contributed by atoms with Crippen LogP contribution in [0.25, 0.3) is 0 Å². The number of hydrogen-bond acceptors (Lipinski definition) is 6. The second-order valence-electron chi connectivity index (χ2n) is 6.29. The maximum Gasteiger partial charge on any atom is 0.335 e. The van der Waals surface area contributed by atoms with Gasteiger partial charge in [-0.3, -0.25) is 24.8 Å². The van der Waals surface area contributed by atoms with Crippen LogP contribution in [0, 0.1) is 5.92 Å². The number of amides is 4. The molecular weight excluding hydrogens is 372 g/mol. The van der Waals surface area contributed by atoms with Crippen LogP contribution in [0.2, 0.25) is 5.02 Å². The summed E-state index contributed by atoms with van der Waals surface area (Å²) in [6.45, 7) is 4.69. The maximum absolute atomic E-state index is 12.7. The SMILES string of the molecule is O=C1NC(=O)N(c2cccc(Cl)c2)C(=O)[C@H]1C=NCCCN1CCOCC1. The first-order valence-corrected chi connectivity index (χ1v) is 9.18. The Hall–Kier alpha value is -2.29. The number of carbonyl (C=O) groups is 3. The molecule has 2 saturated heterocycles. The monoisotopic (exact) mass is 392 g/mol. The Morgan fingerprint density at radius 3 is 2.78 bits per heavy atom. The minimum absolute atomic E-state index is 0.309. The van der Waals surface area contributed by atoms with E-state index in [1.54, 1.807) is 18.2 Å². The van der Waals surface area contributed by atoms with Gasteiger partial charge in [0.15, 0.2) is 5.92 Å². The Morgan fingerprint density at radius 2 is 2.04 bits per heavy atom. The third-order valence-electron chi connectivity index (χ3n) is 4.39. The number of nitrogens with one attached hydrogen (secondary N) is 1. The number of halogens is 1. The number of aliphatic imine (C=N–C) groups is 1. The third-order valence-corrected chi connectivity index (χ3v) is 4.62. The predicted octanol–water partition coefficient (Wildman–Crippen LogP) is 1.33. The molecule has 144 valence electrons. The van der Waals surface area contributed by atoms with Gasteiger partial charge < -0.3 is 4.74 Å². The molecule has 27 heavy (non-hydrogen) atoms. The molecule has 0 spiro atoms. The number of benzene rings is 1. The third kappa shape index (κ3) is 4.91. The number of morpholine rings is 1. The van der Waals surface area contributed by atoms with E-state index in [4.69, 9.17) is 16.3 Å². The highest BCUT2D eigenvalue weighted by Gasteiger charge is 2.40. The van der Waals surface area contributed by atoms with Gasteiger partial charge in [-0.15, -0.1) is 0 Å². The normalized spacial score (nSPS) is 21.7. The summed E-state index contributed by atoms with van der Waals surface area (Å²) < 4.78 is 5.30. The van der Waals surface area contributed by atoms with Crippen LogP contribution in [0.3, 0.4) is 0 Å². The molecule has 8 nitrogen and oxygen atoms in total. The first-order valence-electron chi connectivity index (χ1n) is 8.80. The van der Waals surface area contributed by atoms with Crippen molar-refractivity contribution in [3.63, 3.8) is 0 Å². The van der Waals surface area contributed by atoms with Gasteiger partial charge in [0.05, 0.1) is 18.9 Å². The van der Waals surface area contributed by atoms with E-state index in [1.807, 2.05) is 0 Å². The summed E-state index contributed by atoms with van der Waals surface area (Å²) in [6.07, 6.45) is 2.14. The van der Waals surface area contributed by atoms with Gasteiger partial charge in [0.2, 0.25) is 5.91 Å². The second-order valence-corrected chi connectivity index (χ2v) is 6.72. The molecular formula is C18H21ClN4O4. The molecule has 2 aliphatic heterocycles. The van der Waals surface area contributed by atoms with E-state index in [-0.39, 0.29) is 0 Å². The number of ether oxygens (including phenoxy) is 1. The molecule has 1 aromatic rings. The lowest BCUT2D eigenvalue weighted by Crippen LogP contribution is -2.58. The summed E-state index contributed by atoms with van der Waals surface area (Å²) in [5.41, 5.74) is 0.309. The first kappa shape index (κ1) is 19.5. The Morgan fingerprint density at radius 1 is 1.26 bits per heavy atom. The van der Waals surface area contributed by atoms with Crippen LogP contribution in [0.4, 0.5) is 10.5 Å². The topological polar surface area (TPSA) is 91.3 Å². The summed E-state index contributed by atoms with van der Waals surface area (Å²) >= 11 is 5.93. The van der Waals surface area contributed by atoms with Crippen LogP contribution in [0.15, 0.2) is 29.3 Å². The van der Waals surface area contributed by atoms with Crippen molar-refractivity contribution < 1.29 is 19.1 Å². The molecule has 0 radical (unpaired) electrons.